The molecule has 0 saturated carbocycles. The van der Waals surface area contributed by atoms with Gasteiger partial charge in [-0.2, -0.15) is 0 Å². The van der Waals surface area contributed by atoms with E-state index < -0.39 is 18.0 Å². The molecule has 2 rings (SSSR count). The number of hydrogen-bond acceptors (Lipinski definition) is 6. The first kappa shape index (κ1) is 19.0. The SMILES string of the molecule is CC(C)N(C)C(=O)Oc1ccccc1C(=O)OOC(=O)c1ccccc1. The Balaban J connectivity index is 2.05. The fraction of sp³-hybridized carbons (Fsp3) is 0.211. The maximum Gasteiger partial charge on any atom is 0.415 e. The lowest BCUT2D eigenvalue weighted by molar-refractivity contribution is -0.187. The molecule has 2 aromatic carbocycles. The van der Waals surface area contributed by atoms with Gasteiger partial charge in [0, 0.05) is 13.1 Å². The number of rotatable bonds is 4. The van der Waals surface area contributed by atoms with Crippen LogP contribution < -0.4 is 4.74 Å². The van der Waals surface area contributed by atoms with Crippen LogP contribution in [-0.2, 0) is 9.78 Å². The molecule has 1 amide bonds. The first-order chi connectivity index (χ1) is 12.4. The van der Waals surface area contributed by atoms with Crippen molar-refractivity contribution in [1.82, 2.24) is 4.90 Å². The Hall–Kier alpha value is -3.35. The molecule has 2 aromatic rings. The van der Waals surface area contributed by atoms with Crippen LogP contribution in [0, 0.1) is 0 Å². The summed E-state index contributed by atoms with van der Waals surface area (Å²) < 4.78 is 5.23. The van der Waals surface area contributed by atoms with Crippen LogP contribution in [0.15, 0.2) is 54.6 Å². The summed E-state index contributed by atoms with van der Waals surface area (Å²) in [5.41, 5.74) is 0.192. The molecule has 0 atom stereocenters. The molecule has 0 unspecified atom stereocenters. The zero-order valence-electron chi connectivity index (χ0n) is 14.7. The van der Waals surface area contributed by atoms with Gasteiger partial charge in [-0.25, -0.2) is 24.2 Å². The largest absolute Gasteiger partial charge is 0.415 e. The van der Waals surface area contributed by atoms with Crippen molar-refractivity contribution in [2.75, 3.05) is 7.05 Å². The molecular weight excluding hydrogens is 338 g/mol. The van der Waals surface area contributed by atoms with E-state index in [1.54, 1.807) is 37.4 Å². The number of amides is 1. The first-order valence-electron chi connectivity index (χ1n) is 7.92. The highest BCUT2D eigenvalue weighted by molar-refractivity contribution is 5.94. The second kappa shape index (κ2) is 8.66. The Kier molecular flexibility index (Phi) is 6.32. The van der Waals surface area contributed by atoms with E-state index in [-0.39, 0.29) is 22.9 Å². The van der Waals surface area contributed by atoms with Crippen molar-refractivity contribution < 1.29 is 28.9 Å². The minimum Gasteiger partial charge on any atom is -0.409 e. The number of ether oxygens (including phenoxy) is 1. The van der Waals surface area contributed by atoms with Crippen LogP contribution >= 0.6 is 0 Å². The van der Waals surface area contributed by atoms with Crippen LogP contribution in [-0.4, -0.2) is 36.0 Å². The van der Waals surface area contributed by atoms with E-state index in [0.29, 0.717) is 0 Å². The van der Waals surface area contributed by atoms with E-state index in [0.717, 1.165) is 0 Å². The normalized spacial score (nSPS) is 10.2. The molecule has 0 spiro atoms. The summed E-state index contributed by atoms with van der Waals surface area (Å²) in [6.45, 7) is 3.65. The lowest BCUT2D eigenvalue weighted by atomic mass is 10.2. The third-order valence-corrected chi connectivity index (χ3v) is 3.57. The molecule has 0 fully saturated rings. The molecule has 26 heavy (non-hydrogen) atoms. The zero-order chi connectivity index (χ0) is 19.1. The van der Waals surface area contributed by atoms with Crippen LogP contribution in [0.5, 0.6) is 5.75 Å². The van der Waals surface area contributed by atoms with Crippen molar-refractivity contribution >= 4 is 18.0 Å². The summed E-state index contributed by atoms with van der Waals surface area (Å²) >= 11 is 0. The summed E-state index contributed by atoms with van der Waals surface area (Å²) in [7, 11) is 1.58. The summed E-state index contributed by atoms with van der Waals surface area (Å²) in [6, 6.07) is 14.0. The quantitative estimate of drug-likeness (QED) is 0.616. The molecule has 0 heterocycles. The molecule has 0 saturated heterocycles. The Morgan fingerprint density at radius 1 is 0.846 bits per heavy atom. The highest BCUT2D eigenvalue weighted by atomic mass is 17.2. The van der Waals surface area contributed by atoms with E-state index in [9.17, 15) is 14.4 Å². The predicted molar refractivity (Wildman–Crippen MR) is 92.6 cm³/mol. The Labute approximate surface area is 151 Å². The van der Waals surface area contributed by atoms with Gasteiger partial charge in [-0.15, -0.1) is 0 Å². The van der Waals surface area contributed by atoms with E-state index in [4.69, 9.17) is 4.74 Å². The zero-order valence-corrected chi connectivity index (χ0v) is 14.7. The molecule has 7 nitrogen and oxygen atoms in total. The van der Waals surface area contributed by atoms with Crippen molar-refractivity contribution in [3.05, 3.63) is 65.7 Å². The summed E-state index contributed by atoms with van der Waals surface area (Å²) in [4.78, 5) is 46.5. The van der Waals surface area contributed by atoms with Gasteiger partial charge in [0.15, 0.2) is 0 Å². The Bertz CT molecular complexity index is 788. The molecule has 0 N–H and O–H groups in total. The fourth-order valence-electron chi connectivity index (χ4n) is 1.84. The second-order valence-electron chi connectivity index (χ2n) is 5.68. The van der Waals surface area contributed by atoms with Crippen LogP contribution in [0.25, 0.3) is 0 Å². The third kappa shape index (κ3) is 4.83. The molecule has 0 aliphatic carbocycles. The topological polar surface area (TPSA) is 82.1 Å². The molecule has 0 bridgehead atoms. The van der Waals surface area contributed by atoms with Gasteiger partial charge >= 0.3 is 18.0 Å². The van der Waals surface area contributed by atoms with E-state index in [1.165, 1.54) is 29.2 Å². The highest BCUT2D eigenvalue weighted by Crippen LogP contribution is 2.20. The minimum atomic E-state index is -0.954. The number of benzene rings is 2. The van der Waals surface area contributed by atoms with Crippen LogP contribution in [0.2, 0.25) is 0 Å². The second-order valence-corrected chi connectivity index (χ2v) is 5.68. The molecule has 136 valence electrons. The first-order valence-corrected chi connectivity index (χ1v) is 7.92. The van der Waals surface area contributed by atoms with Crippen LogP contribution in [0.4, 0.5) is 4.79 Å². The maximum atomic E-state index is 12.2. The van der Waals surface area contributed by atoms with E-state index >= 15 is 0 Å². The number of hydrogen-bond donors (Lipinski definition) is 0. The van der Waals surface area contributed by atoms with Crippen LogP contribution in [0.3, 0.4) is 0 Å². The van der Waals surface area contributed by atoms with Gasteiger partial charge in [0.05, 0.1) is 5.56 Å². The van der Waals surface area contributed by atoms with E-state index in [1.807, 2.05) is 13.8 Å². The van der Waals surface area contributed by atoms with Gasteiger partial charge in [0.2, 0.25) is 0 Å². The van der Waals surface area contributed by atoms with Crippen molar-refractivity contribution in [3.8, 4) is 5.75 Å². The summed E-state index contributed by atoms with van der Waals surface area (Å²) in [5, 5.41) is 0. The van der Waals surface area contributed by atoms with Crippen molar-refractivity contribution in [1.29, 1.82) is 0 Å². The molecule has 0 aromatic heterocycles. The number of nitrogens with zero attached hydrogens (tertiary/aromatic N) is 1. The van der Waals surface area contributed by atoms with Crippen LogP contribution in [0.1, 0.15) is 34.6 Å². The molecular formula is C19H19NO6. The monoisotopic (exact) mass is 357 g/mol. The molecule has 0 aliphatic heterocycles. The minimum absolute atomic E-state index is 0.00533. The smallest absolute Gasteiger partial charge is 0.409 e. The number of para-hydroxylation sites is 1. The average Bonchev–Trinajstić information content (AvgIpc) is 2.66. The lowest BCUT2D eigenvalue weighted by Gasteiger charge is -2.21. The standard InChI is InChI=1S/C19H19NO6/c1-13(2)20(3)19(23)24-16-12-8-7-11-15(16)18(22)26-25-17(21)14-9-5-4-6-10-14/h4-13H,1-3H3. The third-order valence-electron chi connectivity index (χ3n) is 3.57. The van der Waals surface area contributed by atoms with Crippen molar-refractivity contribution in [3.63, 3.8) is 0 Å². The fourth-order valence-corrected chi connectivity index (χ4v) is 1.84. The summed E-state index contributed by atoms with van der Waals surface area (Å²) in [6.07, 6.45) is -0.624. The van der Waals surface area contributed by atoms with E-state index in [2.05, 4.69) is 9.78 Å². The van der Waals surface area contributed by atoms with Gasteiger partial charge in [-0.1, -0.05) is 30.3 Å². The van der Waals surface area contributed by atoms with Gasteiger partial charge in [0.1, 0.15) is 11.3 Å². The number of carbonyl (C=O) groups is 3. The Morgan fingerprint density at radius 2 is 1.42 bits per heavy atom. The van der Waals surface area contributed by atoms with Gasteiger partial charge < -0.3 is 9.64 Å². The van der Waals surface area contributed by atoms with Gasteiger partial charge in [-0.3, -0.25) is 0 Å². The number of carbonyl (C=O) groups excluding carboxylic acids is 3. The van der Waals surface area contributed by atoms with Gasteiger partial charge in [-0.05, 0) is 38.1 Å². The van der Waals surface area contributed by atoms with Crippen molar-refractivity contribution in [2.45, 2.75) is 19.9 Å². The molecule has 0 radical (unpaired) electrons. The Morgan fingerprint density at radius 3 is 2.08 bits per heavy atom. The average molecular weight is 357 g/mol. The molecule has 7 heteroatoms. The maximum absolute atomic E-state index is 12.2. The highest BCUT2D eigenvalue weighted by Gasteiger charge is 2.21. The van der Waals surface area contributed by atoms with Gasteiger partial charge in [0.25, 0.3) is 0 Å². The van der Waals surface area contributed by atoms with Crippen molar-refractivity contribution in [2.24, 2.45) is 0 Å². The predicted octanol–water partition coefficient (Wildman–Crippen LogP) is 3.45. The molecule has 0 aliphatic rings. The lowest BCUT2D eigenvalue weighted by Crippen LogP contribution is -2.35. The summed E-state index contributed by atoms with van der Waals surface area (Å²) in [5.74, 6) is -1.76.